The molecule has 0 saturated carbocycles. The van der Waals surface area contributed by atoms with Gasteiger partial charge in [-0.2, -0.15) is 13.2 Å². The molecule has 0 saturated heterocycles. The summed E-state index contributed by atoms with van der Waals surface area (Å²) in [4.78, 5) is 2.75. The number of hydrogen-bond acceptors (Lipinski definition) is 0. The van der Waals surface area contributed by atoms with Crippen LogP contribution in [0.5, 0.6) is 0 Å². The van der Waals surface area contributed by atoms with Gasteiger partial charge in [0.2, 0.25) is 6.54 Å². The summed E-state index contributed by atoms with van der Waals surface area (Å²) in [5.74, 6) is -0.990. The standard InChI is InChI=1S/C9H5F4N/c1-14-5-6-7(9(11,12)13)3-2-4-8(6)10/h2-4H,5H2. The fraction of sp³-hybridized carbons (Fsp3) is 0.222. The average molecular weight is 203 g/mol. The Kier molecular flexibility index (Phi) is 2.75. The van der Waals surface area contributed by atoms with Crippen molar-refractivity contribution in [1.29, 1.82) is 0 Å². The van der Waals surface area contributed by atoms with E-state index < -0.39 is 29.7 Å². The van der Waals surface area contributed by atoms with Gasteiger partial charge in [-0.15, -0.1) is 0 Å². The van der Waals surface area contributed by atoms with Gasteiger partial charge in [-0.3, -0.25) is 0 Å². The van der Waals surface area contributed by atoms with Gasteiger partial charge < -0.3 is 4.85 Å². The van der Waals surface area contributed by atoms with Crippen LogP contribution >= 0.6 is 0 Å². The van der Waals surface area contributed by atoms with Crippen LogP contribution < -0.4 is 0 Å². The van der Waals surface area contributed by atoms with Crippen LogP contribution in [0, 0.1) is 12.4 Å². The van der Waals surface area contributed by atoms with Crippen LogP contribution in [-0.4, -0.2) is 0 Å². The van der Waals surface area contributed by atoms with Crippen molar-refractivity contribution in [3.63, 3.8) is 0 Å². The molecule has 0 spiro atoms. The first kappa shape index (κ1) is 10.5. The van der Waals surface area contributed by atoms with E-state index in [9.17, 15) is 17.6 Å². The van der Waals surface area contributed by atoms with Crippen LogP contribution in [0.4, 0.5) is 17.6 Å². The largest absolute Gasteiger partial charge is 0.417 e. The predicted molar refractivity (Wildman–Crippen MR) is 41.7 cm³/mol. The number of alkyl halides is 3. The minimum atomic E-state index is -4.61. The van der Waals surface area contributed by atoms with Crippen LogP contribution in [0.3, 0.4) is 0 Å². The van der Waals surface area contributed by atoms with Crippen molar-refractivity contribution in [2.45, 2.75) is 12.7 Å². The molecule has 74 valence electrons. The fourth-order valence-electron chi connectivity index (χ4n) is 1.06. The zero-order chi connectivity index (χ0) is 10.8. The molecule has 0 aliphatic rings. The van der Waals surface area contributed by atoms with Gasteiger partial charge in [-0.1, -0.05) is 6.07 Å². The Labute approximate surface area is 77.8 Å². The van der Waals surface area contributed by atoms with E-state index in [0.717, 1.165) is 18.2 Å². The monoisotopic (exact) mass is 203 g/mol. The van der Waals surface area contributed by atoms with E-state index in [1.807, 2.05) is 0 Å². The van der Waals surface area contributed by atoms with Crippen molar-refractivity contribution in [3.8, 4) is 0 Å². The van der Waals surface area contributed by atoms with Gasteiger partial charge >= 0.3 is 6.18 Å². The molecule has 0 N–H and O–H groups in total. The number of halogens is 4. The molecular formula is C9H5F4N. The molecular weight excluding hydrogens is 198 g/mol. The summed E-state index contributed by atoms with van der Waals surface area (Å²) in [5.41, 5.74) is -1.66. The minimum absolute atomic E-state index is 0.588. The molecule has 0 heterocycles. The molecule has 1 rings (SSSR count). The summed E-state index contributed by atoms with van der Waals surface area (Å²) >= 11 is 0. The molecule has 0 aromatic heterocycles. The molecule has 14 heavy (non-hydrogen) atoms. The van der Waals surface area contributed by atoms with Crippen LogP contribution in [-0.2, 0) is 12.7 Å². The summed E-state index contributed by atoms with van der Waals surface area (Å²) in [6, 6.07) is 2.66. The minimum Gasteiger partial charge on any atom is -0.312 e. The van der Waals surface area contributed by atoms with Gasteiger partial charge in [0.15, 0.2) is 0 Å². The quantitative estimate of drug-likeness (QED) is 0.487. The number of hydrogen-bond donors (Lipinski definition) is 0. The second-order valence-corrected chi connectivity index (χ2v) is 2.58. The predicted octanol–water partition coefficient (Wildman–Crippen LogP) is 3.26. The summed E-state index contributed by atoms with van der Waals surface area (Å²) in [6.07, 6.45) is -4.61. The summed E-state index contributed by atoms with van der Waals surface area (Å²) < 4.78 is 49.8. The maximum atomic E-state index is 12.9. The molecule has 0 fully saturated rings. The highest BCUT2D eigenvalue weighted by Crippen LogP contribution is 2.33. The van der Waals surface area contributed by atoms with Crippen molar-refractivity contribution in [3.05, 3.63) is 46.6 Å². The Morgan fingerprint density at radius 1 is 1.29 bits per heavy atom. The molecule has 0 unspecified atom stereocenters. The summed E-state index contributed by atoms with van der Waals surface area (Å²) in [7, 11) is 0. The topological polar surface area (TPSA) is 4.36 Å². The highest BCUT2D eigenvalue weighted by molar-refractivity contribution is 5.31. The maximum Gasteiger partial charge on any atom is 0.417 e. The van der Waals surface area contributed by atoms with E-state index in [-0.39, 0.29) is 0 Å². The molecule has 0 atom stereocenters. The second-order valence-electron chi connectivity index (χ2n) is 2.58. The van der Waals surface area contributed by atoms with E-state index >= 15 is 0 Å². The Morgan fingerprint density at radius 3 is 2.43 bits per heavy atom. The van der Waals surface area contributed by atoms with Crippen molar-refractivity contribution < 1.29 is 17.6 Å². The number of benzene rings is 1. The smallest absolute Gasteiger partial charge is 0.312 e. The average Bonchev–Trinajstić information content (AvgIpc) is 2.07. The van der Waals surface area contributed by atoms with E-state index in [2.05, 4.69) is 4.85 Å². The molecule has 1 aromatic carbocycles. The van der Waals surface area contributed by atoms with Crippen molar-refractivity contribution in [2.24, 2.45) is 0 Å². The zero-order valence-electron chi connectivity index (χ0n) is 6.90. The Hall–Kier alpha value is -1.57. The third-order valence-electron chi connectivity index (χ3n) is 1.66. The molecule has 1 aromatic rings. The van der Waals surface area contributed by atoms with E-state index in [0.29, 0.717) is 0 Å². The van der Waals surface area contributed by atoms with Crippen molar-refractivity contribution >= 4 is 0 Å². The summed E-state index contributed by atoms with van der Waals surface area (Å²) in [6.45, 7) is 5.83. The van der Waals surface area contributed by atoms with Gasteiger partial charge in [-0.25, -0.2) is 11.0 Å². The van der Waals surface area contributed by atoms with E-state index in [4.69, 9.17) is 6.57 Å². The summed E-state index contributed by atoms with van der Waals surface area (Å²) in [5, 5.41) is 0. The molecule has 0 aliphatic carbocycles. The van der Waals surface area contributed by atoms with Crippen LogP contribution in [0.2, 0.25) is 0 Å². The third kappa shape index (κ3) is 2.02. The number of rotatable bonds is 1. The van der Waals surface area contributed by atoms with E-state index in [1.165, 1.54) is 0 Å². The van der Waals surface area contributed by atoms with Crippen molar-refractivity contribution in [2.75, 3.05) is 0 Å². The van der Waals surface area contributed by atoms with Gasteiger partial charge in [0.05, 0.1) is 11.1 Å². The zero-order valence-corrected chi connectivity index (χ0v) is 6.90. The normalized spacial score (nSPS) is 11.1. The SMILES string of the molecule is [C-]#[N+]Cc1c(F)cccc1C(F)(F)F. The van der Waals surface area contributed by atoms with Crippen LogP contribution in [0.25, 0.3) is 4.85 Å². The lowest BCUT2D eigenvalue weighted by atomic mass is 10.1. The Bertz CT molecular complexity index is 375. The van der Waals surface area contributed by atoms with E-state index in [1.54, 1.807) is 0 Å². The van der Waals surface area contributed by atoms with Gasteiger partial charge in [0.25, 0.3) is 0 Å². The lowest BCUT2D eigenvalue weighted by molar-refractivity contribution is -0.138. The van der Waals surface area contributed by atoms with Gasteiger partial charge in [-0.05, 0) is 12.1 Å². The maximum absolute atomic E-state index is 12.9. The van der Waals surface area contributed by atoms with Gasteiger partial charge in [0.1, 0.15) is 5.82 Å². The number of nitrogens with zero attached hydrogens (tertiary/aromatic N) is 1. The molecule has 0 aliphatic heterocycles. The molecule has 0 amide bonds. The lowest BCUT2D eigenvalue weighted by Gasteiger charge is -2.09. The van der Waals surface area contributed by atoms with Crippen LogP contribution in [0.15, 0.2) is 18.2 Å². The second kappa shape index (κ2) is 3.66. The lowest BCUT2D eigenvalue weighted by Crippen LogP contribution is -2.10. The Morgan fingerprint density at radius 2 is 1.93 bits per heavy atom. The van der Waals surface area contributed by atoms with Crippen molar-refractivity contribution in [1.82, 2.24) is 0 Å². The third-order valence-corrected chi connectivity index (χ3v) is 1.66. The Balaban J connectivity index is 3.30. The molecule has 0 bridgehead atoms. The highest BCUT2D eigenvalue weighted by Gasteiger charge is 2.35. The van der Waals surface area contributed by atoms with Gasteiger partial charge in [0, 0.05) is 0 Å². The first-order valence-corrected chi connectivity index (χ1v) is 3.64. The molecule has 1 nitrogen and oxygen atoms in total. The molecule has 0 radical (unpaired) electrons. The van der Waals surface area contributed by atoms with Crippen LogP contribution in [0.1, 0.15) is 11.1 Å². The molecule has 5 heteroatoms. The first-order chi connectivity index (χ1) is 6.46. The first-order valence-electron chi connectivity index (χ1n) is 3.64. The fourth-order valence-corrected chi connectivity index (χ4v) is 1.06. The highest BCUT2D eigenvalue weighted by atomic mass is 19.4.